The van der Waals surface area contributed by atoms with E-state index in [0.29, 0.717) is 5.56 Å². The minimum absolute atomic E-state index is 0.108. The second-order valence-electron chi connectivity index (χ2n) is 5.55. The zero-order valence-corrected chi connectivity index (χ0v) is 17.2. The molecule has 29 heavy (non-hydrogen) atoms. The third-order valence-electron chi connectivity index (χ3n) is 3.53. The molecule has 9 nitrogen and oxygen atoms in total. The van der Waals surface area contributed by atoms with E-state index in [1.54, 1.807) is 34.9 Å². The second-order valence-corrected chi connectivity index (χ2v) is 8.68. The molecular weight excluding hydrogens is 432 g/mol. The Morgan fingerprint density at radius 3 is 2.21 bits per heavy atom. The van der Waals surface area contributed by atoms with Crippen molar-refractivity contribution in [3.05, 3.63) is 69.8 Å². The van der Waals surface area contributed by atoms with E-state index in [0.717, 1.165) is 16.1 Å². The highest BCUT2D eigenvalue weighted by Crippen LogP contribution is 2.20. The third kappa shape index (κ3) is 5.48. The van der Waals surface area contributed by atoms with Crippen molar-refractivity contribution in [2.24, 2.45) is 5.14 Å². The van der Waals surface area contributed by atoms with E-state index >= 15 is 0 Å². The first-order chi connectivity index (χ1) is 13.8. The molecule has 0 atom stereocenters. The number of nitrogens with one attached hydrogen (secondary N) is 1. The number of carbonyl (C=O) groups is 1. The average Bonchev–Trinajstić information content (AvgIpc) is 3.44. The molecule has 0 amide bonds. The molecule has 3 heterocycles. The number of carbonyl (C=O) groups excluding carboxylic acids is 1. The van der Waals surface area contributed by atoms with Gasteiger partial charge in [-0.25, -0.2) is 13.6 Å². The molecule has 0 aliphatic carbocycles. The van der Waals surface area contributed by atoms with Crippen molar-refractivity contribution in [3.8, 4) is 0 Å². The molecular formula is C17H16N6O3S3. The highest BCUT2D eigenvalue weighted by Gasteiger charge is 2.12. The van der Waals surface area contributed by atoms with Gasteiger partial charge in [0, 0.05) is 22.1 Å². The number of nitrogens with zero attached hydrogens (tertiary/aromatic N) is 3. The van der Waals surface area contributed by atoms with E-state index in [9.17, 15) is 13.2 Å². The van der Waals surface area contributed by atoms with Gasteiger partial charge in [-0.3, -0.25) is 4.79 Å². The minimum Gasteiger partial charge on any atom is -0.368 e. The van der Waals surface area contributed by atoms with Gasteiger partial charge in [0.15, 0.2) is 0 Å². The smallest absolute Gasteiger partial charge is 0.282 e. The predicted octanol–water partition coefficient (Wildman–Crippen LogP) is 2.75. The molecule has 5 N–H and O–H groups in total. The summed E-state index contributed by atoms with van der Waals surface area (Å²) in [7, 11) is -3.61. The van der Waals surface area contributed by atoms with Crippen LogP contribution in [0.1, 0.15) is 10.4 Å². The zero-order valence-electron chi connectivity index (χ0n) is 14.8. The molecule has 0 saturated heterocycles. The standard InChI is InChI=1S/C10H10N2O2S2.C7H6N4OS/c11-16(13,14)10-3-1-8(2-4-10)12-9-5-6-15-7-9;8-7-9-4-10-11(7)6(12)5-1-2-13-3-5/h1-7,12H,(H2,11,13,14);1-4H,(H2,8,9,10). The molecule has 150 valence electrons. The highest BCUT2D eigenvalue weighted by molar-refractivity contribution is 7.89. The maximum atomic E-state index is 11.6. The van der Waals surface area contributed by atoms with Crippen LogP contribution in [0.5, 0.6) is 0 Å². The molecule has 0 bridgehead atoms. The summed E-state index contributed by atoms with van der Waals surface area (Å²) in [6, 6.07) is 9.97. The van der Waals surface area contributed by atoms with Crippen LogP contribution in [0, 0.1) is 0 Å². The van der Waals surface area contributed by atoms with Crippen molar-refractivity contribution in [1.29, 1.82) is 0 Å². The summed E-state index contributed by atoms with van der Waals surface area (Å²) in [6.07, 6.45) is 1.25. The summed E-state index contributed by atoms with van der Waals surface area (Å²) in [5.74, 6) is -0.146. The van der Waals surface area contributed by atoms with E-state index in [2.05, 4.69) is 15.4 Å². The lowest BCUT2D eigenvalue weighted by atomic mass is 10.3. The Hall–Kier alpha value is -3.06. The first kappa shape index (κ1) is 20.7. The number of nitrogen functional groups attached to an aromatic ring is 1. The van der Waals surface area contributed by atoms with Crippen LogP contribution in [0.15, 0.2) is 69.1 Å². The van der Waals surface area contributed by atoms with Gasteiger partial charge in [0.2, 0.25) is 16.0 Å². The van der Waals surface area contributed by atoms with Crippen LogP contribution in [0.2, 0.25) is 0 Å². The number of primary sulfonamides is 1. The van der Waals surface area contributed by atoms with Gasteiger partial charge >= 0.3 is 0 Å². The number of hydrogen-bond donors (Lipinski definition) is 3. The molecule has 0 unspecified atom stereocenters. The van der Waals surface area contributed by atoms with Crippen LogP contribution in [0.4, 0.5) is 17.3 Å². The van der Waals surface area contributed by atoms with Crippen molar-refractivity contribution in [1.82, 2.24) is 14.8 Å². The first-order valence-electron chi connectivity index (χ1n) is 7.99. The summed E-state index contributed by atoms with van der Waals surface area (Å²) < 4.78 is 23.1. The van der Waals surface area contributed by atoms with Gasteiger partial charge in [-0.15, -0.1) is 0 Å². The molecule has 4 aromatic rings. The largest absolute Gasteiger partial charge is 0.368 e. The third-order valence-corrected chi connectivity index (χ3v) is 5.82. The molecule has 0 fully saturated rings. The Bertz CT molecular complexity index is 1170. The van der Waals surface area contributed by atoms with E-state index in [1.807, 2.05) is 22.2 Å². The summed E-state index contributed by atoms with van der Waals surface area (Å²) in [5, 5.41) is 19.3. The number of benzene rings is 1. The second kappa shape index (κ2) is 8.96. The molecule has 0 radical (unpaired) electrons. The van der Waals surface area contributed by atoms with E-state index in [4.69, 9.17) is 10.9 Å². The number of aromatic nitrogens is 3. The SMILES string of the molecule is NS(=O)(=O)c1ccc(Nc2ccsc2)cc1.Nc1ncnn1C(=O)c1ccsc1. The lowest BCUT2D eigenvalue weighted by Crippen LogP contribution is -2.15. The highest BCUT2D eigenvalue weighted by atomic mass is 32.2. The quantitative estimate of drug-likeness (QED) is 0.435. The van der Waals surface area contributed by atoms with Crippen molar-refractivity contribution in [3.63, 3.8) is 0 Å². The number of thiophene rings is 2. The summed E-state index contributed by atoms with van der Waals surface area (Å²) in [4.78, 5) is 15.4. The predicted molar refractivity (Wildman–Crippen MR) is 114 cm³/mol. The molecule has 0 spiro atoms. The van der Waals surface area contributed by atoms with Crippen molar-refractivity contribution >= 4 is 55.9 Å². The number of nitrogens with two attached hydrogens (primary N) is 2. The van der Waals surface area contributed by atoms with Crippen molar-refractivity contribution in [2.45, 2.75) is 4.90 Å². The molecule has 1 aromatic carbocycles. The van der Waals surface area contributed by atoms with Crippen LogP contribution in [-0.2, 0) is 10.0 Å². The fraction of sp³-hybridized carbons (Fsp3) is 0. The number of rotatable bonds is 4. The molecule has 0 aliphatic heterocycles. The van der Waals surface area contributed by atoms with Gasteiger partial charge in [-0.05, 0) is 47.2 Å². The Kier molecular flexibility index (Phi) is 6.39. The topological polar surface area (TPSA) is 146 Å². The molecule has 4 rings (SSSR count). The van der Waals surface area contributed by atoms with E-state index < -0.39 is 10.0 Å². The Labute approximate surface area is 174 Å². The molecule has 12 heteroatoms. The Morgan fingerprint density at radius 1 is 1.00 bits per heavy atom. The average molecular weight is 449 g/mol. The van der Waals surface area contributed by atoms with Gasteiger partial charge in [0.1, 0.15) is 6.33 Å². The van der Waals surface area contributed by atoms with Crippen LogP contribution in [-0.4, -0.2) is 29.1 Å². The van der Waals surface area contributed by atoms with E-state index in [1.165, 1.54) is 29.8 Å². The van der Waals surface area contributed by atoms with Gasteiger partial charge < -0.3 is 11.1 Å². The lowest BCUT2D eigenvalue weighted by molar-refractivity contribution is 0.0948. The Morgan fingerprint density at radius 2 is 1.69 bits per heavy atom. The molecule has 0 aliphatic rings. The summed E-state index contributed by atoms with van der Waals surface area (Å²) in [6.45, 7) is 0. The maximum Gasteiger partial charge on any atom is 0.282 e. The minimum atomic E-state index is -3.61. The van der Waals surface area contributed by atoms with Crippen LogP contribution in [0.25, 0.3) is 0 Å². The van der Waals surface area contributed by atoms with Gasteiger partial charge in [0.05, 0.1) is 10.5 Å². The number of anilines is 3. The van der Waals surface area contributed by atoms with Gasteiger partial charge in [-0.1, -0.05) is 0 Å². The normalized spacial score (nSPS) is 10.8. The molecule has 3 aromatic heterocycles. The summed E-state index contributed by atoms with van der Waals surface area (Å²) in [5.41, 5.74) is 7.80. The number of hydrogen-bond acceptors (Lipinski definition) is 9. The van der Waals surface area contributed by atoms with Gasteiger partial charge in [-0.2, -0.15) is 37.4 Å². The fourth-order valence-corrected chi connectivity index (χ4v) is 3.88. The lowest BCUT2D eigenvalue weighted by Gasteiger charge is -2.04. The molecule has 0 saturated carbocycles. The fourth-order valence-electron chi connectivity index (χ4n) is 2.15. The van der Waals surface area contributed by atoms with Crippen molar-refractivity contribution in [2.75, 3.05) is 11.1 Å². The Balaban J connectivity index is 0.000000169. The zero-order chi connectivity index (χ0) is 20.9. The van der Waals surface area contributed by atoms with Crippen LogP contribution >= 0.6 is 22.7 Å². The van der Waals surface area contributed by atoms with E-state index in [-0.39, 0.29) is 16.8 Å². The van der Waals surface area contributed by atoms with Crippen LogP contribution in [0.3, 0.4) is 0 Å². The monoisotopic (exact) mass is 448 g/mol. The summed E-state index contributed by atoms with van der Waals surface area (Å²) >= 11 is 3.04. The first-order valence-corrected chi connectivity index (χ1v) is 11.4. The van der Waals surface area contributed by atoms with Crippen LogP contribution < -0.4 is 16.2 Å². The van der Waals surface area contributed by atoms with Crippen molar-refractivity contribution < 1.29 is 13.2 Å². The maximum absolute atomic E-state index is 11.6. The number of sulfonamides is 1. The van der Waals surface area contributed by atoms with Gasteiger partial charge in [0.25, 0.3) is 5.91 Å².